The number of hydrazone groups is 1. The number of carbonyl (C=O) groups is 2. The monoisotopic (exact) mass is 415 g/mol. The molecule has 3 rings (SSSR count). The molecule has 0 aliphatic carbocycles. The fourth-order valence-corrected chi connectivity index (χ4v) is 2.84. The topological polar surface area (TPSA) is 79.8 Å². The summed E-state index contributed by atoms with van der Waals surface area (Å²) in [6, 6.07) is 24.0. The predicted octanol–water partition coefficient (Wildman–Crippen LogP) is 4.02. The van der Waals surface area contributed by atoms with Crippen molar-refractivity contribution in [2.45, 2.75) is 19.9 Å². The largest absolute Gasteiger partial charge is 0.484 e. The number of aryl methyl sites for hydroxylation is 1. The Balaban J connectivity index is 1.44. The number of rotatable bonds is 8. The highest BCUT2D eigenvalue weighted by molar-refractivity contribution is 5.94. The second kappa shape index (κ2) is 10.7. The van der Waals surface area contributed by atoms with Gasteiger partial charge in [0.25, 0.3) is 11.8 Å². The molecule has 3 aromatic carbocycles. The lowest BCUT2D eigenvalue weighted by Gasteiger charge is -2.14. The van der Waals surface area contributed by atoms with Gasteiger partial charge in [-0.2, -0.15) is 5.10 Å². The normalized spacial score (nSPS) is 11.7. The van der Waals surface area contributed by atoms with Gasteiger partial charge in [-0.25, -0.2) is 5.43 Å². The molecule has 2 N–H and O–H groups in total. The fraction of sp³-hybridized carbons (Fsp3) is 0.160. The van der Waals surface area contributed by atoms with Crippen molar-refractivity contribution in [3.05, 3.63) is 101 Å². The molecular formula is C25H25N3O3. The minimum atomic E-state index is -0.271. The van der Waals surface area contributed by atoms with Crippen LogP contribution < -0.4 is 15.5 Å². The van der Waals surface area contributed by atoms with E-state index in [0.717, 1.165) is 16.7 Å². The van der Waals surface area contributed by atoms with Crippen LogP contribution in [0.2, 0.25) is 0 Å². The molecule has 158 valence electrons. The van der Waals surface area contributed by atoms with Crippen LogP contribution in [0.15, 0.2) is 84.0 Å². The van der Waals surface area contributed by atoms with Gasteiger partial charge in [0.1, 0.15) is 5.75 Å². The van der Waals surface area contributed by atoms with E-state index >= 15 is 0 Å². The molecular weight excluding hydrogens is 390 g/mol. The number of hydrogen-bond donors (Lipinski definition) is 2. The Kier molecular flexibility index (Phi) is 7.54. The lowest BCUT2D eigenvalue weighted by molar-refractivity contribution is -0.123. The Bertz CT molecular complexity index is 1030. The zero-order valence-corrected chi connectivity index (χ0v) is 17.5. The lowest BCUT2D eigenvalue weighted by atomic mass is 10.1. The molecule has 3 aromatic rings. The van der Waals surface area contributed by atoms with Gasteiger partial charge in [0, 0.05) is 5.56 Å². The highest BCUT2D eigenvalue weighted by atomic mass is 16.5. The number of amides is 2. The van der Waals surface area contributed by atoms with Gasteiger partial charge >= 0.3 is 0 Å². The maximum Gasteiger partial charge on any atom is 0.271 e. The third kappa shape index (κ3) is 6.82. The van der Waals surface area contributed by atoms with Gasteiger partial charge in [-0.3, -0.25) is 9.59 Å². The summed E-state index contributed by atoms with van der Waals surface area (Å²) < 4.78 is 5.54. The number of benzene rings is 3. The Hall–Kier alpha value is -3.93. The first-order valence-corrected chi connectivity index (χ1v) is 9.98. The Morgan fingerprint density at radius 2 is 1.65 bits per heavy atom. The van der Waals surface area contributed by atoms with E-state index in [1.165, 1.54) is 0 Å². The summed E-state index contributed by atoms with van der Waals surface area (Å²) in [5.41, 5.74) is 5.96. The van der Waals surface area contributed by atoms with Crippen molar-refractivity contribution >= 4 is 18.0 Å². The second-order valence-electron chi connectivity index (χ2n) is 7.12. The molecule has 0 saturated heterocycles. The summed E-state index contributed by atoms with van der Waals surface area (Å²) >= 11 is 0. The first-order valence-electron chi connectivity index (χ1n) is 9.98. The molecule has 0 aliphatic heterocycles. The van der Waals surface area contributed by atoms with Crippen LogP contribution in [-0.2, 0) is 4.79 Å². The Labute approximate surface area is 182 Å². The van der Waals surface area contributed by atoms with Crippen molar-refractivity contribution in [1.29, 1.82) is 0 Å². The number of carbonyl (C=O) groups excluding carboxylic acids is 2. The quantitative estimate of drug-likeness (QED) is 0.431. The van der Waals surface area contributed by atoms with Crippen LogP contribution in [0.3, 0.4) is 0 Å². The Morgan fingerprint density at radius 1 is 0.968 bits per heavy atom. The predicted molar refractivity (Wildman–Crippen MR) is 121 cm³/mol. The minimum Gasteiger partial charge on any atom is -0.484 e. The number of ether oxygens (including phenoxy) is 1. The molecule has 0 fully saturated rings. The summed E-state index contributed by atoms with van der Waals surface area (Å²) in [5, 5.41) is 6.88. The molecule has 0 heterocycles. The summed E-state index contributed by atoms with van der Waals surface area (Å²) in [6.07, 6.45) is 1.55. The first kappa shape index (κ1) is 21.8. The third-order valence-corrected chi connectivity index (χ3v) is 4.62. The molecule has 2 amide bonds. The van der Waals surface area contributed by atoms with Gasteiger partial charge in [-0.05, 0) is 61.4 Å². The van der Waals surface area contributed by atoms with Crippen LogP contribution in [0.25, 0.3) is 0 Å². The smallest absolute Gasteiger partial charge is 0.271 e. The maximum absolute atomic E-state index is 12.1. The van der Waals surface area contributed by atoms with E-state index in [1.807, 2.05) is 56.3 Å². The van der Waals surface area contributed by atoms with Crippen LogP contribution >= 0.6 is 0 Å². The van der Waals surface area contributed by atoms with E-state index in [4.69, 9.17) is 4.74 Å². The molecule has 0 unspecified atom stereocenters. The average molecular weight is 415 g/mol. The Morgan fingerprint density at radius 3 is 2.32 bits per heavy atom. The van der Waals surface area contributed by atoms with Gasteiger partial charge in [0.05, 0.1) is 12.3 Å². The van der Waals surface area contributed by atoms with Crippen LogP contribution in [-0.4, -0.2) is 24.6 Å². The van der Waals surface area contributed by atoms with Gasteiger partial charge in [0.2, 0.25) is 0 Å². The van der Waals surface area contributed by atoms with E-state index in [1.54, 1.807) is 42.6 Å². The number of hydrogen-bond acceptors (Lipinski definition) is 4. The summed E-state index contributed by atoms with van der Waals surface area (Å²) in [6.45, 7) is 3.82. The standard InChI is InChI=1S/C25H25N3O3/c1-18-8-12-22(13-9-18)25(30)28-26-16-20-10-14-23(15-11-20)31-17-24(29)27-19(2)21-6-4-3-5-7-21/h3-16,19H,17H2,1-2H3,(H,27,29)(H,28,30)/b26-16+/t19-/m0/s1. The summed E-state index contributed by atoms with van der Waals surface area (Å²) in [5.74, 6) is 0.108. The van der Waals surface area contributed by atoms with Gasteiger partial charge in [0.15, 0.2) is 6.61 Å². The average Bonchev–Trinajstić information content (AvgIpc) is 2.79. The van der Waals surface area contributed by atoms with E-state index in [2.05, 4.69) is 15.8 Å². The first-order chi connectivity index (χ1) is 15.0. The molecule has 0 radical (unpaired) electrons. The van der Waals surface area contributed by atoms with Crippen molar-refractivity contribution in [2.24, 2.45) is 5.10 Å². The maximum atomic E-state index is 12.1. The van der Waals surface area contributed by atoms with E-state index in [-0.39, 0.29) is 24.5 Å². The van der Waals surface area contributed by atoms with Gasteiger partial charge in [-0.15, -0.1) is 0 Å². The SMILES string of the molecule is Cc1ccc(C(=O)N/N=C/c2ccc(OCC(=O)N[C@@H](C)c3ccccc3)cc2)cc1. The van der Waals surface area contributed by atoms with Crippen LogP contribution in [0, 0.1) is 6.92 Å². The van der Waals surface area contributed by atoms with E-state index in [9.17, 15) is 9.59 Å². The van der Waals surface area contributed by atoms with Gasteiger partial charge in [-0.1, -0.05) is 48.0 Å². The highest BCUT2D eigenvalue weighted by Gasteiger charge is 2.09. The van der Waals surface area contributed by atoms with E-state index < -0.39 is 0 Å². The summed E-state index contributed by atoms with van der Waals surface area (Å²) in [4.78, 5) is 24.1. The highest BCUT2D eigenvalue weighted by Crippen LogP contribution is 2.13. The van der Waals surface area contributed by atoms with Crippen LogP contribution in [0.1, 0.15) is 40.0 Å². The number of nitrogens with zero attached hydrogens (tertiary/aromatic N) is 1. The lowest BCUT2D eigenvalue weighted by Crippen LogP contribution is -2.31. The number of nitrogens with one attached hydrogen (secondary N) is 2. The van der Waals surface area contributed by atoms with Crippen molar-refractivity contribution in [1.82, 2.24) is 10.7 Å². The molecule has 31 heavy (non-hydrogen) atoms. The summed E-state index contributed by atoms with van der Waals surface area (Å²) in [7, 11) is 0. The van der Waals surface area contributed by atoms with Crippen molar-refractivity contribution in [3.8, 4) is 5.75 Å². The van der Waals surface area contributed by atoms with E-state index in [0.29, 0.717) is 11.3 Å². The molecule has 0 aliphatic rings. The van der Waals surface area contributed by atoms with Crippen molar-refractivity contribution in [2.75, 3.05) is 6.61 Å². The zero-order valence-electron chi connectivity index (χ0n) is 17.5. The molecule has 0 bridgehead atoms. The molecule has 0 aromatic heterocycles. The van der Waals surface area contributed by atoms with Crippen LogP contribution in [0.5, 0.6) is 5.75 Å². The molecule has 6 heteroatoms. The molecule has 6 nitrogen and oxygen atoms in total. The van der Waals surface area contributed by atoms with Crippen molar-refractivity contribution in [3.63, 3.8) is 0 Å². The molecule has 1 atom stereocenters. The minimum absolute atomic E-state index is 0.0722. The zero-order chi connectivity index (χ0) is 22.1. The van der Waals surface area contributed by atoms with Crippen molar-refractivity contribution < 1.29 is 14.3 Å². The van der Waals surface area contributed by atoms with Crippen LogP contribution in [0.4, 0.5) is 0 Å². The fourth-order valence-electron chi connectivity index (χ4n) is 2.84. The third-order valence-electron chi connectivity index (χ3n) is 4.62. The molecule has 0 saturated carbocycles. The van der Waals surface area contributed by atoms with Gasteiger partial charge < -0.3 is 10.1 Å². The second-order valence-corrected chi connectivity index (χ2v) is 7.12. The molecule has 0 spiro atoms.